The molecule has 2 nitrogen and oxygen atoms in total. The summed E-state index contributed by atoms with van der Waals surface area (Å²) in [5.74, 6) is 0.369. The second-order valence-corrected chi connectivity index (χ2v) is 12.4. The summed E-state index contributed by atoms with van der Waals surface area (Å²) < 4.78 is 6.55. The van der Waals surface area contributed by atoms with Gasteiger partial charge in [-0.3, -0.25) is 0 Å². The molecule has 24 heavy (non-hydrogen) atoms. The van der Waals surface area contributed by atoms with Crippen molar-refractivity contribution in [2.24, 2.45) is 0 Å². The Labute approximate surface area is 148 Å². The van der Waals surface area contributed by atoms with Gasteiger partial charge in [0.15, 0.2) is 8.32 Å². The summed E-state index contributed by atoms with van der Waals surface area (Å²) in [4.78, 5) is 0. The van der Waals surface area contributed by atoms with Crippen molar-refractivity contribution in [2.75, 3.05) is 7.11 Å². The van der Waals surface area contributed by atoms with E-state index in [1.807, 2.05) is 19.2 Å². The molecule has 1 N–H and O–H groups in total. The zero-order valence-corrected chi connectivity index (χ0v) is 16.3. The van der Waals surface area contributed by atoms with E-state index in [0.717, 1.165) is 17.5 Å². The lowest BCUT2D eigenvalue weighted by Crippen LogP contribution is -2.49. The molecule has 1 aromatic carbocycles. The van der Waals surface area contributed by atoms with Crippen molar-refractivity contribution in [3.8, 4) is 5.75 Å². The number of phenolic OH excluding ortho intramolecular Hbond substituents is 1. The highest BCUT2D eigenvalue weighted by molar-refractivity contribution is 6.76. The van der Waals surface area contributed by atoms with Crippen LogP contribution in [0.15, 0.2) is 24.3 Å². The Morgan fingerprint density at radius 3 is 1.83 bits per heavy atom. The first-order valence-electron chi connectivity index (χ1n) is 10.1. The van der Waals surface area contributed by atoms with Gasteiger partial charge in [0, 0.05) is 7.11 Å². The van der Waals surface area contributed by atoms with E-state index in [9.17, 15) is 5.11 Å². The molecule has 2 fully saturated rings. The molecule has 0 unspecified atom stereocenters. The van der Waals surface area contributed by atoms with E-state index in [1.165, 1.54) is 75.8 Å². The molecule has 3 heteroatoms. The van der Waals surface area contributed by atoms with Crippen molar-refractivity contribution < 1.29 is 9.53 Å². The molecule has 0 aromatic heterocycles. The van der Waals surface area contributed by atoms with E-state index < -0.39 is 8.32 Å². The van der Waals surface area contributed by atoms with Crippen LogP contribution in [-0.4, -0.2) is 20.5 Å². The van der Waals surface area contributed by atoms with Gasteiger partial charge in [-0.05, 0) is 41.2 Å². The smallest absolute Gasteiger partial charge is 0.198 e. The lowest BCUT2D eigenvalue weighted by atomic mass is 9.99. The van der Waals surface area contributed by atoms with Crippen molar-refractivity contribution >= 4 is 8.32 Å². The fraction of sp³-hybridized carbons (Fsp3) is 0.714. The minimum atomic E-state index is -1.73. The molecule has 2 aliphatic rings. The van der Waals surface area contributed by atoms with E-state index in [2.05, 4.69) is 12.1 Å². The van der Waals surface area contributed by atoms with Crippen LogP contribution in [0.3, 0.4) is 0 Å². The molecule has 0 bridgehead atoms. The second-order valence-electron chi connectivity index (χ2n) is 8.00. The maximum Gasteiger partial charge on any atom is 0.198 e. The molecule has 0 radical (unpaired) electrons. The average Bonchev–Trinajstić information content (AvgIpc) is 2.66. The monoisotopic (exact) mass is 346 g/mol. The van der Waals surface area contributed by atoms with Gasteiger partial charge in [-0.15, -0.1) is 0 Å². The quantitative estimate of drug-likeness (QED) is 0.622. The number of hydrogen-bond acceptors (Lipinski definition) is 2. The normalized spacial score (nSPS) is 21.0. The third-order valence-electron chi connectivity index (χ3n) is 6.71. The zero-order valence-electron chi connectivity index (χ0n) is 15.3. The fourth-order valence-corrected chi connectivity index (χ4v) is 11.2. The molecule has 0 spiro atoms. The third kappa shape index (κ3) is 4.05. The lowest BCUT2D eigenvalue weighted by molar-refractivity contribution is 0.317. The lowest BCUT2D eigenvalue weighted by Gasteiger charge is -2.46. The summed E-state index contributed by atoms with van der Waals surface area (Å²) in [7, 11) is 0.307. The molecule has 2 saturated carbocycles. The predicted octanol–water partition coefficient (Wildman–Crippen LogP) is 6.20. The van der Waals surface area contributed by atoms with Crippen LogP contribution in [-0.2, 0) is 10.8 Å². The molecule has 0 amide bonds. The summed E-state index contributed by atoms with van der Waals surface area (Å²) >= 11 is 0. The van der Waals surface area contributed by atoms with Crippen LogP contribution < -0.4 is 0 Å². The van der Waals surface area contributed by atoms with Crippen molar-refractivity contribution in [1.82, 2.24) is 0 Å². The first-order valence-corrected chi connectivity index (χ1v) is 12.3. The fourth-order valence-electron chi connectivity index (χ4n) is 5.36. The Balaban J connectivity index is 1.77. The molecule has 134 valence electrons. The highest BCUT2D eigenvalue weighted by Crippen LogP contribution is 2.50. The summed E-state index contributed by atoms with van der Waals surface area (Å²) in [5.41, 5.74) is 3.10. The van der Waals surface area contributed by atoms with E-state index in [-0.39, 0.29) is 0 Å². The maximum atomic E-state index is 9.52. The van der Waals surface area contributed by atoms with Gasteiger partial charge in [-0.25, -0.2) is 0 Å². The maximum absolute atomic E-state index is 9.52. The van der Waals surface area contributed by atoms with Crippen LogP contribution in [0.25, 0.3) is 0 Å². The van der Waals surface area contributed by atoms with Gasteiger partial charge in [0.2, 0.25) is 0 Å². The van der Waals surface area contributed by atoms with Crippen LogP contribution in [0.2, 0.25) is 17.1 Å². The number of benzene rings is 1. The Morgan fingerprint density at radius 2 is 1.38 bits per heavy atom. The summed E-state index contributed by atoms with van der Waals surface area (Å²) in [6, 6.07) is 9.10. The van der Waals surface area contributed by atoms with Gasteiger partial charge < -0.3 is 9.53 Å². The molecule has 0 heterocycles. The Kier molecular flexibility index (Phi) is 6.40. The van der Waals surface area contributed by atoms with Crippen molar-refractivity contribution in [2.45, 2.75) is 87.8 Å². The molecule has 2 aliphatic carbocycles. The molecule has 0 atom stereocenters. The molecule has 0 saturated heterocycles. The van der Waals surface area contributed by atoms with E-state index in [0.29, 0.717) is 5.75 Å². The average molecular weight is 347 g/mol. The highest BCUT2D eigenvalue weighted by Gasteiger charge is 2.48. The minimum Gasteiger partial charge on any atom is -0.508 e. The molecule has 1 aromatic rings. The third-order valence-corrected chi connectivity index (χ3v) is 12.4. The second kappa shape index (κ2) is 8.53. The number of aromatic hydroxyl groups is 1. The van der Waals surface area contributed by atoms with Gasteiger partial charge in [0.25, 0.3) is 0 Å². The molecular weight excluding hydrogens is 312 g/mol. The van der Waals surface area contributed by atoms with Gasteiger partial charge in [-0.1, -0.05) is 76.3 Å². The first-order chi connectivity index (χ1) is 11.7. The van der Waals surface area contributed by atoms with Crippen molar-refractivity contribution in [3.63, 3.8) is 0 Å². The summed E-state index contributed by atoms with van der Waals surface area (Å²) in [5, 5.41) is 9.52. The first kappa shape index (κ1) is 18.0. The van der Waals surface area contributed by atoms with Gasteiger partial charge in [0.05, 0.1) is 0 Å². The SMILES string of the molecule is CO[Si](CCc1ccc(O)cc1)(C1CCCCC1)C1CCCCC1. The summed E-state index contributed by atoms with van der Waals surface area (Å²) in [6.07, 6.45) is 15.2. The summed E-state index contributed by atoms with van der Waals surface area (Å²) in [6.45, 7) is 0. The molecular formula is C21H34O2Si. The van der Waals surface area contributed by atoms with E-state index in [1.54, 1.807) is 0 Å². The Hall–Kier alpha value is -0.803. The largest absolute Gasteiger partial charge is 0.508 e. The van der Waals surface area contributed by atoms with E-state index >= 15 is 0 Å². The Bertz CT molecular complexity index is 469. The number of hydrogen-bond donors (Lipinski definition) is 1. The molecule has 0 aliphatic heterocycles. The number of rotatable bonds is 6. The number of phenols is 1. The van der Waals surface area contributed by atoms with Crippen LogP contribution >= 0.6 is 0 Å². The van der Waals surface area contributed by atoms with Crippen molar-refractivity contribution in [3.05, 3.63) is 29.8 Å². The van der Waals surface area contributed by atoms with E-state index in [4.69, 9.17) is 4.43 Å². The van der Waals surface area contributed by atoms with Crippen molar-refractivity contribution in [1.29, 1.82) is 0 Å². The predicted molar refractivity (Wildman–Crippen MR) is 103 cm³/mol. The van der Waals surface area contributed by atoms with Crippen LogP contribution in [0.1, 0.15) is 69.8 Å². The van der Waals surface area contributed by atoms with Gasteiger partial charge in [-0.2, -0.15) is 0 Å². The van der Waals surface area contributed by atoms with Crippen LogP contribution in [0.5, 0.6) is 5.75 Å². The zero-order chi connectivity index (χ0) is 16.8. The minimum absolute atomic E-state index is 0.369. The topological polar surface area (TPSA) is 29.5 Å². The molecule has 3 rings (SSSR count). The van der Waals surface area contributed by atoms with Gasteiger partial charge in [0.1, 0.15) is 5.75 Å². The highest BCUT2D eigenvalue weighted by atomic mass is 28.4. The number of aryl methyl sites for hydroxylation is 1. The van der Waals surface area contributed by atoms with Gasteiger partial charge >= 0.3 is 0 Å². The Morgan fingerprint density at radius 1 is 0.875 bits per heavy atom. The van der Waals surface area contributed by atoms with Crippen LogP contribution in [0.4, 0.5) is 0 Å². The van der Waals surface area contributed by atoms with Crippen LogP contribution in [0, 0.1) is 0 Å². The standard InChI is InChI=1S/C21H34O2Si/c1-23-24(20-8-4-2-5-9-20,21-10-6-3-7-11-21)17-16-18-12-14-19(22)15-13-18/h12-15,20-22H,2-11,16-17H2,1H3.